The number of rotatable bonds is 2. The van der Waals surface area contributed by atoms with Gasteiger partial charge in [-0.3, -0.25) is 0 Å². The Morgan fingerprint density at radius 2 is 2.12 bits per heavy atom. The van der Waals surface area contributed by atoms with Crippen molar-refractivity contribution in [3.63, 3.8) is 0 Å². The van der Waals surface area contributed by atoms with Crippen molar-refractivity contribution in [2.45, 2.75) is 26.3 Å². The van der Waals surface area contributed by atoms with Crippen LogP contribution in [0.3, 0.4) is 0 Å². The first-order valence-electron chi connectivity index (χ1n) is 5.15. The zero-order valence-corrected chi connectivity index (χ0v) is 9.94. The molecule has 1 heterocycles. The Kier molecular flexibility index (Phi) is 2.91. The molecule has 0 atom stereocenters. The van der Waals surface area contributed by atoms with Gasteiger partial charge in [-0.05, 0) is 18.1 Å². The van der Waals surface area contributed by atoms with E-state index in [1.54, 1.807) is 0 Å². The molecule has 0 saturated heterocycles. The molecule has 0 amide bonds. The van der Waals surface area contributed by atoms with Crippen LogP contribution in [0.4, 0.5) is 4.39 Å². The van der Waals surface area contributed by atoms with Crippen LogP contribution >= 0.6 is 11.6 Å². The highest BCUT2D eigenvalue weighted by molar-refractivity contribution is 6.34. The summed E-state index contributed by atoms with van der Waals surface area (Å²) < 4.78 is 18.9. The van der Waals surface area contributed by atoms with Crippen molar-refractivity contribution in [2.75, 3.05) is 0 Å². The van der Waals surface area contributed by atoms with Gasteiger partial charge in [0, 0.05) is 10.9 Å². The summed E-state index contributed by atoms with van der Waals surface area (Å²) in [4.78, 5) is 0. The summed E-state index contributed by atoms with van der Waals surface area (Å²) in [5.41, 5.74) is 7.07. The van der Waals surface area contributed by atoms with Crippen molar-refractivity contribution in [3.8, 4) is 0 Å². The van der Waals surface area contributed by atoms with Crippen molar-refractivity contribution in [1.29, 1.82) is 0 Å². The Morgan fingerprint density at radius 1 is 1.44 bits per heavy atom. The van der Waals surface area contributed by atoms with Gasteiger partial charge >= 0.3 is 0 Å². The van der Waals surface area contributed by atoms with E-state index in [1.807, 2.05) is 13.8 Å². The molecule has 0 saturated carbocycles. The Hall–Kier alpha value is -1.06. The highest BCUT2D eigenvalue weighted by Crippen LogP contribution is 2.35. The maximum Gasteiger partial charge on any atom is 0.153 e. The lowest BCUT2D eigenvalue weighted by Gasteiger charge is -2.04. The maximum atomic E-state index is 13.3. The molecule has 86 valence electrons. The van der Waals surface area contributed by atoms with Crippen LogP contribution in [-0.2, 0) is 6.54 Å². The molecule has 1 aromatic carbocycles. The number of hydrogen-bond acceptors (Lipinski definition) is 2. The quantitative estimate of drug-likeness (QED) is 0.869. The van der Waals surface area contributed by atoms with E-state index in [2.05, 4.69) is 0 Å². The standard InChI is InChI=1S/C12H13ClFNO/c1-6(2)11-8-3-7(14)4-9(13)12(8)16-10(11)5-15/h3-4,6H,5,15H2,1-2H3. The van der Waals surface area contributed by atoms with E-state index in [0.717, 1.165) is 10.9 Å². The van der Waals surface area contributed by atoms with Crippen molar-refractivity contribution in [2.24, 2.45) is 5.73 Å². The minimum atomic E-state index is -0.358. The SMILES string of the molecule is CC(C)c1c(CN)oc2c(Cl)cc(F)cc12. The average Bonchev–Trinajstić information content (AvgIpc) is 2.56. The molecular formula is C12H13ClFNO. The lowest BCUT2D eigenvalue weighted by atomic mass is 9.99. The van der Waals surface area contributed by atoms with Gasteiger partial charge in [0.1, 0.15) is 11.6 Å². The number of benzene rings is 1. The van der Waals surface area contributed by atoms with Gasteiger partial charge in [0.15, 0.2) is 5.58 Å². The molecule has 0 aliphatic heterocycles. The van der Waals surface area contributed by atoms with Gasteiger partial charge in [0.05, 0.1) is 11.6 Å². The first-order chi connectivity index (χ1) is 7.54. The number of fused-ring (bicyclic) bond motifs is 1. The molecule has 0 unspecified atom stereocenters. The Labute approximate surface area is 98.2 Å². The van der Waals surface area contributed by atoms with E-state index in [4.69, 9.17) is 21.8 Å². The van der Waals surface area contributed by atoms with Crippen LogP contribution in [-0.4, -0.2) is 0 Å². The van der Waals surface area contributed by atoms with Gasteiger partial charge in [0.2, 0.25) is 0 Å². The molecule has 0 spiro atoms. The Bertz CT molecular complexity index is 533. The number of hydrogen-bond donors (Lipinski definition) is 1. The third kappa shape index (κ3) is 1.70. The maximum absolute atomic E-state index is 13.3. The first-order valence-corrected chi connectivity index (χ1v) is 5.52. The second-order valence-electron chi connectivity index (χ2n) is 4.06. The van der Waals surface area contributed by atoms with E-state index < -0.39 is 0 Å². The summed E-state index contributed by atoms with van der Waals surface area (Å²) in [6.07, 6.45) is 0. The topological polar surface area (TPSA) is 39.2 Å². The molecular weight excluding hydrogens is 229 g/mol. The fourth-order valence-corrected chi connectivity index (χ4v) is 2.22. The average molecular weight is 242 g/mol. The first kappa shape index (κ1) is 11.4. The molecule has 16 heavy (non-hydrogen) atoms. The van der Waals surface area contributed by atoms with Crippen LogP contribution in [0.25, 0.3) is 11.0 Å². The normalized spacial score (nSPS) is 11.6. The summed E-state index contributed by atoms with van der Waals surface area (Å²) in [5, 5.41) is 1.01. The third-order valence-corrected chi connectivity index (χ3v) is 2.87. The second-order valence-corrected chi connectivity index (χ2v) is 4.47. The van der Waals surface area contributed by atoms with E-state index in [-0.39, 0.29) is 16.8 Å². The lowest BCUT2D eigenvalue weighted by Crippen LogP contribution is -1.99. The van der Waals surface area contributed by atoms with Crippen LogP contribution in [0.2, 0.25) is 5.02 Å². The zero-order valence-electron chi connectivity index (χ0n) is 9.18. The van der Waals surface area contributed by atoms with Crippen LogP contribution in [0.1, 0.15) is 31.1 Å². The Morgan fingerprint density at radius 3 is 2.69 bits per heavy atom. The van der Waals surface area contributed by atoms with Gasteiger partial charge in [-0.25, -0.2) is 4.39 Å². The van der Waals surface area contributed by atoms with E-state index in [0.29, 0.717) is 17.9 Å². The predicted molar refractivity (Wildman–Crippen MR) is 63.2 cm³/mol. The predicted octanol–water partition coefficient (Wildman–Crippen LogP) is 3.81. The van der Waals surface area contributed by atoms with Gasteiger partial charge in [-0.15, -0.1) is 0 Å². The highest BCUT2D eigenvalue weighted by atomic mass is 35.5. The monoisotopic (exact) mass is 241 g/mol. The molecule has 0 bridgehead atoms. The van der Waals surface area contributed by atoms with Gasteiger partial charge in [0.25, 0.3) is 0 Å². The van der Waals surface area contributed by atoms with Crippen molar-refractivity contribution in [3.05, 3.63) is 34.3 Å². The smallest absolute Gasteiger partial charge is 0.153 e. The minimum absolute atomic E-state index is 0.220. The molecule has 2 aromatic rings. The van der Waals surface area contributed by atoms with Crippen molar-refractivity contribution >= 4 is 22.6 Å². The van der Waals surface area contributed by atoms with Crippen LogP contribution in [0.15, 0.2) is 16.5 Å². The van der Waals surface area contributed by atoms with Crippen LogP contribution in [0, 0.1) is 5.82 Å². The second kappa shape index (κ2) is 4.07. The lowest BCUT2D eigenvalue weighted by molar-refractivity contribution is 0.541. The summed E-state index contributed by atoms with van der Waals surface area (Å²) >= 11 is 5.93. The summed E-state index contributed by atoms with van der Waals surface area (Å²) in [5.74, 6) is 0.541. The molecule has 2 rings (SSSR count). The van der Waals surface area contributed by atoms with Crippen molar-refractivity contribution in [1.82, 2.24) is 0 Å². The van der Waals surface area contributed by atoms with Gasteiger partial charge < -0.3 is 10.2 Å². The van der Waals surface area contributed by atoms with Gasteiger partial charge in [-0.1, -0.05) is 25.4 Å². The summed E-state index contributed by atoms with van der Waals surface area (Å²) in [6.45, 7) is 4.32. The molecule has 2 nitrogen and oxygen atoms in total. The largest absolute Gasteiger partial charge is 0.458 e. The number of nitrogens with two attached hydrogens (primary N) is 1. The number of furan rings is 1. The molecule has 0 aliphatic carbocycles. The third-order valence-electron chi connectivity index (χ3n) is 2.59. The molecule has 0 aliphatic rings. The van der Waals surface area contributed by atoms with E-state index in [1.165, 1.54) is 12.1 Å². The summed E-state index contributed by atoms with van der Waals surface area (Å²) in [7, 11) is 0. The van der Waals surface area contributed by atoms with Crippen molar-refractivity contribution < 1.29 is 8.81 Å². The highest BCUT2D eigenvalue weighted by Gasteiger charge is 2.18. The summed E-state index contributed by atoms with van der Waals surface area (Å²) in [6, 6.07) is 2.69. The molecule has 4 heteroatoms. The fourth-order valence-electron chi connectivity index (χ4n) is 1.98. The Balaban J connectivity index is 2.84. The van der Waals surface area contributed by atoms with E-state index >= 15 is 0 Å². The molecule has 0 radical (unpaired) electrons. The molecule has 0 fully saturated rings. The zero-order chi connectivity index (χ0) is 11.9. The molecule has 1 aromatic heterocycles. The number of halogens is 2. The van der Waals surface area contributed by atoms with E-state index in [9.17, 15) is 4.39 Å². The molecule has 2 N–H and O–H groups in total. The van der Waals surface area contributed by atoms with Crippen LogP contribution < -0.4 is 5.73 Å². The van der Waals surface area contributed by atoms with Crippen LogP contribution in [0.5, 0.6) is 0 Å². The fraction of sp³-hybridized carbons (Fsp3) is 0.333. The minimum Gasteiger partial charge on any atom is -0.458 e. The van der Waals surface area contributed by atoms with Gasteiger partial charge in [-0.2, -0.15) is 0 Å².